The van der Waals surface area contributed by atoms with Gasteiger partial charge in [0.05, 0.1) is 4.90 Å². The van der Waals surface area contributed by atoms with Gasteiger partial charge in [0.25, 0.3) is 0 Å². The van der Waals surface area contributed by atoms with Gasteiger partial charge < -0.3 is 5.73 Å². The molecule has 0 fully saturated rings. The lowest BCUT2D eigenvalue weighted by molar-refractivity contribution is 0.598. The summed E-state index contributed by atoms with van der Waals surface area (Å²) in [4.78, 5) is 0.361. The number of hydrogen-bond donors (Lipinski definition) is 1. The van der Waals surface area contributed by atoms with E-state index in [4.69, 9.17) is 5.73 Å². The lowest BCUT2D eigenvalue weighted by Gasteiger charge is -2.10. The van der Waals surface area contributed by atoms with E-state index >= 15 is 0 Å². The number of benzene rings is 1. The molecule has 3 nitrogen and oxygen atoms in total. The normalized spacial score (nSPS) is 13.7. The van der Waals surface area contributed by atoms with Crippen molar-refractivity contribution in [1.29, 1.82) is 0 Å². The third-order valence-electron chi connectivity index (χ3n) is 2.51. The summed E-state index contributed by atoms with van der Waals surface area (Å²) in [6.07, 6.45) is 4.08. The van der Waals surface area contributed by atoms with E-state index in [0.717, 1.165) is 24.8 Å². The van der Waals surface area contributed by atoms with Crippen LogP contribution in [-0.4, -0.2) is 20.7 Å². The van der Waals surface area contributed by atoms with E-state index in [1.165, 1.54) is 6.26 Å². The van der Waals surface area contributed by atoms with E-state index in [1.807, 2.05) is 12.1 Å². The van der Waals surface area contributed by atoms with Gasteiger partial charge in [-0.2, -0.15) is 0 Å². The summed E-state index contributed by atoms with van der Waals surface area (Å²) in [5, 5.41) is 0. The lowest BCUT2D eigenvalue weighted by Crippen LogP contribution is -2.22. The molecule has 1 atom stereocenters. The fourth-order valence-corrected chi connectivity index (χ4v) is 2.28. The summed E-state index contributed by atoms with van der Waals surface area (Å²) in [6.45, 7) is 2.10. The molecule has 0 heterocycles. The molecule has 0 radical (unpaired) electrons. The monoisotopic (exact) mass is 241 g/mol. The minimum atomic E-state index is -3.09. The fraction of sp³-hybridized carbons (Fsp3) is 0.500. The minimum absolute atomic E-state index is 0.161. The predicted molar refractivity (Wildman–Crippen MR) is 66.1 cm³/mol. The predicted octanol–water partition coefficient (Wildman–Crippen LogP) is 1.76. The van der Waals surface area contributed by atoms with Crippen molar-refractivity contribution in [1.82, 2.24) is 0 Å². The van der Waals surface area contributed by atoms with Gasteiger partial charge in [0.15, 0.2) is 9.84 Å². The van der Waals surface area contributed by atoms with Crippen LogP contribution in [0.1, 0.15) is 25.3 Å². The molecule has 0 aliphatic heterocycles. The molecular formula is C12H19NO2S. The summed E-state index contributed by atoms with van der Waals surface area (Å²) in [5.74, 6) is 0. The second kappa shape index (κ2) is 5.46. The van der Waals surface area contributed by atoms with Crippen LogP contribution in [0.15, 0.2) is 29.2 Å². The molecule has 0 bridgehead atoms. The largest absolute Gasteiger partial charge is 0.327 e. The van der Waals surface area contributed by atoms with Crippen LogP contribution in [0, 0.1) is 0 Å². The number of hydrogen-bond acceptors (Lipinski definition) is 3. The first-order valence-electron chi connectivity index (χ1n) is 5.48. The van der Waals surface area contributed by atoms with Crippen molar-refractivity contribution in [3.05, 3.63) is 29.8 Å². The summed E-state index contributed by atoms with van der Waals surface area (Å²) in [6, 6.07) is 7.12. The Morgan fingerprint density at radius 2 is 1.81 bits per heavy atom. The van der Waals surface area contributed by atoms with Crippen molar-refractivity contribution >= 4 is 9.84 Å². The first-order chi connectivity index (χ1) is 7.43. The lowest BCUT2D eigenvalue weighted by atomic mass is 10.0. The van der Waals surface area contributed by atoms with E-state index in [9.17, 15) is 8.42 Å². The zero-order chi connectivity index (χ0) is 12.2. The van der Waals surface area contributed by atoms with Crippen molar-refractivity contribution in [2.45, 2.75) is 37.1 Å². The topological polar surface area (TPSA) is 60.2 Å². The number of sulfone groups is 1. The van der Waals surface area contributed by atoms with Gasteiger partial charge in [-0.25, -0.2) is 8.42 Å². The third-order valence-corrected chi connectivity index (χ3v) is 3.64. The molecular weight excluding hydrogens is 222 g/mol. The standard InChI is InChI=1S/C12H19NO2S/c1-3-4-11(13)9-10-5-7-12(8-6-10)16(2,14)15/h5-8,11H,3-4,9,13H2,1-2H3. The molecule has 16 heavy (non-hydrogen) atoms. The van der Waals surface area contributed by atoms with Crippen molar-refractivity contribution in [3.8, 4) is 0 Å². The highest BCUT2D eigenvalue weighted by molar-refractivity contribution is 7.90. The van der Waals surface area contributed by atoms with Gasteiger partial charge in [-0.05, 0) is 30.5 Å². The van der Waals surface area contributed by atoms with Crippen LogP contribution in [0.4, 0.5) is 0 Å². The molecule has 1 unspecified atom stereocenters. The Labute approximate surface area is 97.6 Å². The molecule has 1 aromatic carbocycles. The number of nitrogens with two attached hydrogens (primary N) is 1. The Bertz CT molecular complexity index is 423. The molecule has 0 aliphatic rings. The van der Waals surface area contributed by atoms with E-state index in [1.54, 1.807) is 12.1 Å². The van der Waals surface area contributed by atoms with Gasteiger partial charge in [-0.15, -0.1) is 0 Å². The first kappa shape index (κ1) is 13.2. The fourth-order valence-electron chi connectivity index (χ4n) is 1.65. The molecule has 4 heteroatoms. The molecule has 1 rings (SSSR count). The van der Waals surface area contributed by atoms with Gasteiger partial charge in [0.2, 0.25) is 0 Å². The highest BCUT2D eigenvalue weighted by Gasteiger charge is 2.07. The highest BCUT2D eigenvalue weighted by Crippen LogP contribution is 2.12. The van der Waals surface area contributed by atoms with Gasteiger partial charge in [-0.1, -0.05) is 25.5 Å². The SMILES string of the molecule is CCCC(N)Cc1ccc(S(C)(=O)=O)cc1. The Kier molecular flexibility index (Phi) is 4.50. The summed E-state index contributed by atoms with van der Waals surface area (Å²) < 4.78 is 22.5. The van der Waals surface area contributed by atoms with Crippen LogP contribution in [0.3, 0.4) is 0 Å². The number of rotatable bonds is 5. The van der Waals surface area contributed by atoms with Gasteiger partial charge >= 0.3 is 0 Å². The van der Waals surface area contributed by atoms with Crippen LogP contribution < -0.4 is 5.73 Å². The summed E-state index contributed by atoms with van der Waals surface area (Å²) >= 11 is 0. The van der Waals surface area contributed by atoms with Crippen LogP contribution >= 0.6 is 0 Å². The van der Waals surface area contributed by atoms with Gasteiger partial charge in [-0.3, -0.25) is 0 Å². The molecule has 0 aromatic heterocycles. The molecule has 1 aromatic rings. The van der Waals surface area contributed by atoms with Crippen LogP contribution in [0.25, 0.3) is 0 Å². The zero-order valence-electron chi connectivity index (χ0n) is 9.81. The van der Waals surface area contributed by atoms with Crippen molar-refractivity contribution in [2.75, 3.05) is 6.26 Å². The maximum atomic E-state index is 11.2. The molecule has 0 saturated carbocycles. The van der Waals surface area contributed by atoms with Crippen molar-refractivity contribution < 1.29 is 8.42 Å². The average Bonchev–Trinajstić information content (AvgIpc) is 2.17. The average molecular weight is 241 g/mol. The minimum Gasteiger partial charge on any atom is -0.327 e. The second-order valence-corrected chi connectivity index (χ2v) is 6.18. The molecule has 0 spiro atoms. The van der Waals surface area contributed by atoms with E-state index < -0.39 is 9.84 Å². The van der Waals surface area contributed by atoms with E-state index in [2.05, 4.69) is 6.92 Å². The summed E-state index contributed by atoms with van der Waals surface area (Å²) in [7, 11) is -3.09. The van der Waals surface area contributed by atoms with Crippen LogP contribution in [0.5, 0.6) is 0 Å². The Morgan fingerprint density at radius 3 is 2.25 bits per heavy atom. The van der Waals surface area contributed by atoms with Gasteiger partial charge in [0.1, 0.15) is 0 Å². The zero-order valence-corrected chi connectivity index (χ0v) is 10.6. The Morgan fingerprint density at radius 1 is 1.25 bits per heavy atom. The maximum absolute atomic E-state index is 11.2. The Hall–Kier alpha value is -0.870. The highest BCUT2D eigenvalue weighted by atomic mass is 32.2. The Balaban J connectivity index is 2.72. The molecule has 2 N–H and O–H groups in total. The van der Waals surface area contributed by atoms with E-state index in [-0.39, 0.29) is 6.04 Å². The summed E-state index contributed by atoms with van der Waals surface area (Å²) in [5.41, 5.74) is 7.01. The quantitative estimate of drug-likeness (QED) is 0.854. The maximum Gasteiger partial charge on any atom is 0.175 e. The van der Waals surface area contributed by atoms with Crippen LogP contribution in [0.2, 0.25) is 0 Å². The van der Waals surface area contributed by atoms with Crippen LogP contribution in [-0.2, 0) is 16.3 Å². The van der Waals surface area contributed by atoms with Gasteiger partial charge in [0, 0.05) is 12.3 Å². The smallest absolute Gasteiger partial charge is 0.175 e. The van der Waals surface area contributed by atoms with Crippen molar-refractivity contribution in [3.63, 3.8) is 0 Å². The molecule has 0 saturated heterocycles. The van der Waals surface area contributed by atoms with Crippen molar-refractivity contribution in [2.24, 2.45) is 5.73 Å². The molecule has 0 amide bonds. The van der Waals surface area contributed by atoms with E-state index in [0.29, 0.717) is 4.90 Å². The molecule has 90 valence electrons. The second-order valence-electron chi connectivity index (χ2n) is 4.17. The third kappa shape index (κ3) is 3.94. The first-order valence-corrected chi connectivity index (χ1v) is 7.37. The molecule has 0 aliphatic carbocycles.